The van der Waals surface area contributed by atoms with E-state index in [4.69, 9.17) is 4.74 Å². The maximum atomic E-state index is 5.17. The Hall–Kier alpha value is -2.95. The third-order valence-corrected chi connectivity index (χ3v) is 3.51. The molecule has 3 rings (SSSR count). The molecule has 1 heterocycles. The monoisotopic (exact) mass is 306 g/mol. The molecule has 0 amide bonds. The topological polar surface area (TPSA) is 59.9 Å². The van der Waals surface area contributed by atoms with Crippen LogP contribution >= 0.6 is 0 Å². The molecule has 5 heteroatoms. The maximum Gasteiger partial charge on any atom is 0.183 e. The van der Waals surface area contributed by atoms with Crippen molar-refractivity contribution in [2.75, 3.05) is 12.4 Å². The lowest BCUT2D eigenvalue weighted by molar-refractivity contribution is 0.415. The molecule has 0 saturated carbocycles. The lowest BCUT2D eigenvalue weighted by Gasteiger charge is -2.09. The van der Waals surface area contributed by atoms with Gasteiger partial charge in [0.25, 0.3) is 0 Å². The van der Waals surface area contributed by atoms with Gasteiger partial charge in [-0.2, -0.15) is 0 Å². The molecular weight excluding hydrogens is 288 g/mol. The van der Waals surface area contributed by atoms with Crippen molar-refractivity contribution < 1.29 is 4.74 Å². The fourth-order valence-electron chi connectivity index (χ4n) is 2.19. The van der Waals surface area contributed by atoms with Crippen LogP contribution in [0.1, 0.15) is 11.3 Å². The fourth-order valence-corrected chi connectivity index (χ4v) is 2.19. The second-order valence-corrected chi connectivity index (χ2v) is 5.14. The highest BCUT2D eigenvalue weighted by Crippen LogP contribution is 2.20. The summed E-state index contributed by atoms with van der Waals surface area (Å²) in [6.07, 6.45) is 0. The van der Waals surface area contributed by atoms with Crippen LogP contribution in [-0.4, -0.2) is 22.3 Å². The number of nitrogens with zero attached hydrogens (tertiary/aromatic N) is 3. The van der Waals surface area contributed by atoms with Gasteiger partial charge in [-0.3, -0.25) is 0 Å². The Kier molecular flexibility index (Phi) is 4.47. The third kappa shape index (κ3) is 3.63. The highest BCUT2D eigenvalue weighted by molar-refractivity contribution is 5.58. The molecule has 1 N–H and O–H groups in total. The molecule has 1 aromatic heterocycles. The largest absolute Gasteiger partial charge is 0.497 e. The quantitative estimate of drug-likeness (QED) is 0.782. The van der Waals surface area contributed by atoms with Crippen LogP contribution in [0.2, 0.25) is 0 Å². The molecule has 0 aliphatic heterocycles. The van der Waals surface area contributed by atoms with E-state index in [0.29, 0.717) is 12.4 Å². The second kappa shape index (κ2) is 6.87. The predicted octanol–water partition coefficient (Wildman–Crippen LogP) is 3.47. The molecule has 0 spiro atoms. The Balaban J connectivity index is 1.80. The van der Waals surface area contributed by atoms with Gasteiger partial charge in [0, 0.05) is 12.1 Å². The number of rotatable bonds is 5. The average Bonchev–Trinajstić information content (AvgIpc) is 2.62. The highest BCUT2D eigenvalue weighted by Gasteiger charge is 2.08. The van der Waals surface area contributed by atoms with E-state index >= 15 is 0 Å². The number of benzene rings is 2. The molecule has 0 aliphatic rings. The number of methoxy groups -OCH3 is 1. The number of aryl methyl sites for hydroxylation is 1. The standard InChI is InChI=1S/C18H18N4O/c1-13-17(19-12-14-6-4-3-5-7-14)20-18(22-21-13)15-8-10-16(23-2)11-9-15/h3-11H,12H2,1-2H3,(H,19,20,22). The van der Waals surface area contributed by atoms with Crippen molar-refractivity contribution in [3.05, 3.63) is 65.9 Å². The molecule has 0 unspecified atom stereocenters. The molecule has 23 heavy (non-hydrogen) atoms. The minimum absolute atomic E-state index is 0.591. The van der Waals surface area contributed by atoms with Crippen LogP contribution in [0.25, 0.3) is 11.4 Å². The number of hydrogen-bond donors (Lipinski definition) is 1. The van der Waals surface area contributed by atoms with Crippen molar-refractivity contribution in [2.45, 2.75) is 13.5 Å². The van der Waals surface area contributed by atoms with E-state index in [-0.39, 0.29) is 0 Å². The number of anilines is 1. The summed E-state index contributed by atoms with van der Waals surface area (Å²) in [5.41, 5.74) is 2.87. The van der Waals surface area contributed by atoms with Gasteiger partial charge >= 0.3 is 0 Å². The first-order valence-corrected chi connectivity index (χ1v) is 7.40. The van der Waals surface area contributed by atoms with Gasteiger partial charge in [-0.25, -0.2) is 4.98 Å². The smallest absolute Gasteiger partial charge is 0.183 e. The van der Waals surface area contributed by atoms with E-state index in [1.165, 1.54) is 5.56 Å². The van der Waals surface area contributed by atoms with Gasteiger partial charge in [-0.1, -0.05) is 30.3 Å². The summed E-state index contributed by atoms with van der Waals surface area (Å²) in [6.45, 7) is 2.59. The summed E-state index contributed by atoms with van der Waals surface area (Å²) < 4.78 is 5.17. The summed E-state index contributed by atoms with van der Waals surface area (Å²) in [4.78, 5) is 4.59. The molecule has 0 radical (unpaired) electrons. The molecule has 0 saturated heterocycles. The minimum atomic E-state index is 0.591. The van der Waals surface area contributed by atoms with Crippen LogP contribution in [0.15, 0.2) is 54.6 Å². The average molecular weight is 306 g/mol. The molecule has 0 aliphatic carbocycles. The Morgan fingerprint density at radius 2 is 1.70 bits per heavy atom. The molecule has 3 aromatic rings. The van der Waals surface area contributed by atoms with Crippen LogP contribution in [-0.2, 0) is 6.54 Å². The second-order valence-electron chi connectivity index (χ2n) is 5.14. The van der Waals surface area contributed by atoms with Crippen LogP contribution in [0, 0.1) is 6.92 Å². The zero-order valence-electron chi connectivity index (χ0n) is 13.2. The van der Waals surface area contributed by atoms with Gasteiger partial charge in [-0.15, -0.1) is 10.2 Å². The summed E-state index contributed by atoms with van der Waals surface area (Å²) in [6, 6.07) is 17.8. The van der Waals surface area contributed by atoms with Gasteiger partial charge < -0.3 is 10.1 Å². The van der Waals surface area contributed by atoms with E-state index in [9.17, 15) is 0 Å². The number of ether oxygens (including phenoxy) is 1. The zero-order chi connectivity index (χ0) is 16.1. The summed E-state index contributed by atoms with van der Waals surface area (Å²) in [5.74, 6) is 2.14. The van der Waals surface area contributed by atoms with Crippen molar-refractivity contribution in [2.24, 2.45) is 0 Å². The van der Waals surface area contributed by atoms with Crippen molar-refractivity contribution in [1.82, 2.24) is 15.2 Å². The molecule has 0 bridgehead atoms. The highest BCUT2D eigenvalue weighted by atomic mass is 16.5. The lowest BCUT2D eigenvalue weighted by atomic mass is 10.2. The first-order valence-electron chi connectivity index (χ1n) is 7.40. The Labute approximate surface area is 135 Å². The number of hydrogen-bond acceptors (Lipinski definition) is 5. The molecule has 5 nitrogen and oxygen atoms in total. The van der Waals surface area contributed by atoms with Gasteiger partial charge in [0.1, 0.15) is 11.4 Å². The first-order chi connectivity index (χ1) is 11.3. The van der Waals surface area contributed by atoms with E-state index in [1.54, 1.807) is 7.11 Å². The molecule has 0 fully saturated rings. The normalized spacial score (nSPS) is 10.3. The summed E-state index contributed by atoms with van der Waals surface area (Å²) in [7, 11) is 1.64. The lowest BCUT2D eigenvalue weighted by Crippen LogP contribution is -2.07. The number of aromatic nitrogens is 3. The minimum Gasteiger partial charge on any atom is -0.497 e. The molecule has 116 valence electrons. The third-order valence-electron chi connectivity index (χ3n) is 3.51. The van der Waals surface area contributed by atoms with Gasteiger partial charge in [-0.05, 0) is 36.8 Å². The Bertz CT molecular complexity index is 773. The van der Waals surface area contributed by atoms with Crippen LogP contribution in [0.5, 0.6) is 5.75 Å². The summed E-state index contributed by atoms with van der Waals surface area (Å²) in [5, 5.41) is 11.7. The van der Waals surface area contributed by atoms with E-state index in [0.717, 1.165) is 22.8 Å². The van der Waals surface area contributed by atoms with Crippen LogP contribution < -0.4 is 10.1 Å². The van der Waals surface area contributed by atoms with Crippen molar-refractivity contribution >= 4 is 5.82 Å². The summed E-state index contributed by atoms with van der Waals surface area (Å²) >= 11 is 0. The molecule has 2 aromatic carbocycles. The Morgan fingerprint density at radius 3 is 2.39 bits per heavy atom. The van der Waals surface area contributed by atoms with E-state index < -0.39 is 0 Å². The van der Waals surface area contributed by atoms with Gasteiger partial charge in [0.2, 0.25) is 0 Å². The van der Waals surface area contributed by atoms with Crippen LogP contribution in [0.3, 0.4) is 0 Å². The van der Waals surface area contributed by atoms with Gasteiger partial charge in [0.05, 0.1) is 7.11 Å². The zero-order valence-corrected chi connectivity index (χ0v) is 13.2. The predicted molar refractivity (Wildman–Crippen MR) is 90.3 cm³/mol. The van der Waals surface area contributed by atoms with E-state index in [1.807, 2.05) is 49.4 Å². The number of nitrogens with one attached hydrogen (secondary N) is 1. The SMILES string of the molecule is COc1ccc(-c2nnc(C)c(NCc3ccccc3)n2)cc1. The van der Waals surface area contributed by atoms with Crippen molar-refractivity contribution in [3.8, 4) is 17.1 Å². The fraction of sp³-hybridized carbons (Fsp3) is 0.167. The maximum absolute atomic E-state index is 5.17. The van der Waals surface area contributed by atoms with Crippen molar-refractivity contribution in [1.29, 1.82) is 0 Å². The van der Waals surface area contributed by atoms with E-state index in [2.05, 4.69) is 32.6 Å². The Morgan fingerprint density at radius 1 is 0.957 bits per heavy atom. The van der Waals surface area contributed by atoms with Gasteiger partial charge in [0.15, 0.2) is 11.6 Å². The van der Waals surface area contributed by atoms with Crippen LogP contribution in [0.4, 0.5) is 5.82 Å². The molecular formula is C18H18N4O. The van der Waals surface area contributed by atoms with Crippen molar-refractivity contribution in [3.63, 3.8) is 0 Å². The molecule has 0 atom stereocenters. The first kappa shape index (κ1) is 15.0.